The Morgan fingerprint density at radius 1 is 1.04 bits per heavy atom. The van der Waals surface area contributed by atoms with Gasteiger partial charge in [-0.1, -0.05) is 73.3 Å². The smallest absolute Gasteiger partial charge is 0.272 e. The predicted octanol–water partition coefficient (Wildman–Crippen LogP) is 5.96. The summed E-state index contributed by atoms with van der Waals surface area (Å²) in [6.45, 7) is 0. The van der Waals surface area contributed by atoms with Gasteiger partial charge in [-0.25, -0.2) is 4.98 Å². The van der Waals surface area contributed by atoms with Gasteiger partial charge in [-0.05, 0) is 30.4 Å². The summed E-state index contributed by atoms with van der Waals surface area (Å²) in [5.74, 6) is -0.0130. The molecule has 4 rings (SSSR count). The van der Waals surface area contributed by atoms with Gasteiger partial charge in [0.2, 0.25) is 0 Å². The number of nitrogens with zero attached hydrogens (tertiary/aromatic N) is 2. The van der Waals surface area contributed by atoms with Crippen molar-refractivity contribution in [1.29, 1.82) is 0 Å². The average Bonchev–Trinajstić information content (AvgIpc) is 2.73. The highest BCUT2D eigenvalue weighted by molar-refractivity contribution is 6.33. The summed E-state index contributed by atoms with van der Waals surface area (Å²) >= 11 is 6.44. The lowest BCUT2D eigenvalue weighted by Crippen LogP contribution is -2.38. The summed E-state index contributed by atoms with van der Waals surface area (Å²) in [6.07, 6.45) is 5.81. The molecule has 2 aromatic carbocycles. The molecule has 0 unspecified atom stereocenters. The SMILES string of the molecule is CN(C(=O)c1cc2ccccc2c(-c2ccccc2Cl)n1)C1CCCCC1. The third-order valence-electron chi connectivity index (χ3n) is 5.53. The lowest BCUT2D eigenvalue weighted by atomic mass is 9.94. The van der Waals surface area contributed by atoms with Crippen LogP contribution in [0.1, 0.15) is 42.6 Å². The standard InChI is InChI=1S/C23H23ClN2O/c1-26(17-10-3-2-4-11-17)23(27)21-15-16-9-5-6-12-18(16)22(25-21)19-13-7-8-14-20(19)24/h5-9,12-15,17H,2-4,10-11H2,1H3. The molecule has 0 bridgehead atoms. The third kappa shape index (κ3) is 3.57. The number of hydrogen-bond donors (Lipinski definition) is 0. The van der Waals surface area contributed by atoms with E-state index in [4.69, 9.17) is 16.6 Å². The molecule has 1 aliphatic rings. The molecule has 1 saturated carbocycles. The Balaban J connectivity index is 1.80. The second-order valence-corrected chi connectivity index (χ2v) is 7.67. The first-order valence-electron chi connectivity index (χ1n) is 9.57. The highest BCUT2D eigenvalue weighted by Gasteiger charge is 2.25. The highest BCUT2D eigenvalue weighted by atomic mass is 35.5. The first kappa shape index (κ1) is 18.0. The number of carbonyl (C=O) groups excluding carboxylic acids is 1. The third-order valence-corrected chi connectivity index (χ3v) is 5.86. The Labute approximate surface area is 165 Å². The molecule has 0 radical (unpaired) electrons. The Bertz CT molecular complexity index is 979. The number of carbonyl (C=O) groups is 1. The van der Waals surface area contributed by atoms with E-state index < -0.39 is 0 Å². The fraction of sp³-hybridized carbons (Fsp3) is 0.304. The van der Waals surface area contributed by atoms with Crippen LogP contribution in [0.4, 0.5) is 0 Å². The van der Waals surface area contributed by atoms with Gasteiger partial charge in [0.1, 0.15) is 5.69 Å². The molecule has 1 heterocycles. The predicted molar refractivity (Wildman–Crippen MR) is 111 cm³/mol. The maximum atomic E-state index is 13.2. The largest absolute Gasteiger partial charge is 0.337 e. The van der Waals surface area contributed by atoms with Gasteiger partial charge < -0.3 is 4.90 Å². The number of halogens is 1. The molecule has 0 saturated heterocycles. The lowest BCUT2D eigenvalue weighted by Gasteiger charge is -2.31. The monoisotopic (exact) mass is 378 g/mol. The lowest BCUT2D eigenvalue weighted by molar-refractivity contribution is 0.0690. The molecule has 1 aromatic heterocycles. The summed E-state index contributed by atoms with van der Waals surface area (Å²) in [5, 5.41) is 2.64. The quantitative estimate of drug-likeness (QED) is 0.563. The number of rotatable bonds is 3. The number of pyridine rings is 1. The van der Waals surface area contributed by atoms with Crippen LogP contribution in [0.2, 0.25) is 5.02 Å². The molecule has 0 N–H and O–H groups in total. The van der Waals surface area contributed by atoms with Crippen molar-refractivity contribution in [3.8, 4) is 11.3 Å². The van der Waals surface area contributed by atoms with Crippen molar-refractivity contribution < 1.29 is 4.79 Å². The van der Waals surface area contributed by atoms with Crippen LogP contribution in [-0.2, 0) is 0 Å². The van der Waals surface area contributed by atoms with Gasteiger partial charge in [0.05, 0.1) is 5.69 Å². The molecule has 1 fully saturated rings. The van der Waals surface area contributed by atoms with Crippen LogP contribution >= 0.6 is 11.6 Å². The molecule has 0 atom stereocenters. The average molecular weight is 379 g/mol. The van der Waals surface area contributed by atoms with E-state index in [-0.39, 0.29) is 5.91 Å². The van der Waals surface area contributed by atoms with Gasteiger partial charge in [-0.3, -0.25) is 4.79 Å². The summed E-state index contributed by atoms with van der Waals surface area (Å²) in [4.78, 5) is 19.8. The fourth-order valence-corrected chi connectivity index (χ4v) is 4.21. The van der Waals surface area contributed by atoms with E-state index >= 15 is 0 Å². The molecule has 0 spiro atoms. The second kappa shape index (κ2) is 7.69. The first-order chi connectivity index (χ1) is 13.1. The van der Waals surface area contributed by atoms with Crippen LogP contribution in [0, 0.1) is 0 Å². The zero-order chi connectivity index (χ0) is 18.8. The van der Waals surface area contributed by atoms with Crippen molar-refractivity contribution in [2.75, 3.05) is 7.05 Å². The van der Waals surface area contributed by atoms with Crippen molar-refractivity contribution in [2.24, 2.45) is 0 Å². The molecule has 4 heteroatoms. The van der Waals surface area contributed by atoms with Crippen LogP contribution in [0.25, 0.3) is 22.0 Å². The van der Waals surface area contributed by atoms with Crippen molar-refractivity contribution >= 4 is 28.3 Å². The topological polar surface area (TPSA) is 33.2 Å². The van der Waals surface area contributed by atoms with Gasteiger partial charge in [0.15, 0.2) is 0 Å². The van der Waals surface area contributed by atoms with E-state index in [1.54, 1.807) is 0 Å². The molecule has 0 aliphatic heterocycles. The summed E-state index contributed by atoms with van der Waals surface area (Å²) in [5.41, 5.74) is 2.10. The fourth-order valence-electron chi connectivity index (χ4n) is 3.98. The second-order valence-electron chi connectivity index (χ2n) is 7.26. The summed E-state index contributed by atoms with van der Waals surface area (Å²) < 4.78 is 0. The van der Waals surface area contributed by atoms with Gasteiger partial charge in [-0.15, -0.1) is 0 Å². The van der Waals surface area contributed by atoms with Crippen LogP contribution in [-0.4, -0.2) is 28.9 Å². The van der Waals surface area contributed by atoms with E-state index in [0.717, 1.165) is 34.9 Å². The minimum atomic E-state index is -0.0130. The van der Waals surface area contributed by atoms with E-state index in [0.29, 0.717) is 16.8 Å². The highest BCUT2D eigenvalue weighted by Crippen LogP contribution is 2.33. The van der Waals surface area contributed by atoms with E-state index in [1.807, 2.05) is 66.5 Å². The van der Waals surface area contributed by atoms with Gasteiger partial charge in [0, 0.05) is 29.1 Å². The van der Waals surface area contributed by atoms with Crippen LogP contribution in [0.5, 0.6) is 0 Å². The Kier molecular flexibility index (Phi) is 5.13. The Morgan fingerprint density at radius 2 is 1.74 bits per heavy atom. The maximum absolute atomic E-state index is 13.2. The Morgan fingerprint density at radius 3 is 2.52 bits per heavy atom. The number of benzene rings is 2. The molecular weight excluding hydrogens is 356 g/mol. The van der Waals surface area contributed by atoms with Crippen molar-refractivity contribution in [1.82, 2.24) is 9.88 Å². The number of aromatic nitrogens is 1. The minimum Gasteiger partial charge on any atom is -0.337 e. The molecule has 3 nitrogen and oxygen atoms in total. The Hall–Kier alpha value is -2.39. The minimum absolute atomic E-state index is 0.0130. The van der Waals surface area contributed by atoms with Crippen LogP contribution in [0.15, 0.2) is 54.6 Å². The zero-order valence-corrected chi connectivity index (χ0v) is 16.2. The number of amides is 1. The van der Waals surface area contributed by atoms with Crippen LogP contribution in [0.3, 0.4) is 0 Å². The maximum Gasteiger partial charge on any atom is 0.272 e. The van der Waals surface area contributed by atoms with Crippen molar-refractivity contribution in [3.05, 3.63) is 65.3 Å². The molecular formula is C23H23ClN2O. The number of fused-ring (bicyclic) bond motifs is 1. The first-order valence-corrected chi connectivity index (χ1v) is 9.95. The van der Waals surface area contributed by atoms with E-state index in [2.05, 4.69) is 0 Å². The van der Waals surface area contributed by atoms with E-state index in [9.17, 15) is 4.79 Å². The summed E-state index contributed by atoms with van der Waals surface area (Å²) in [7, 11) is 1.91. The molecule has 138 valence electrons. The van der Waals surface area contributed by atoms with Gasteiger partial charge in [0.25, 0.3) is 5.91 Å². The zero-order valence-electron chi connectivity index (χ0n) is 15.5. The number of hydrogen-bond acceptors (Lipinski definition) is 2. The molecule has 1 amide bonds. The van der Waals surface area contributed by atoms with E-state index in [1.165, 1.54) is 19.3 Å². The van der Waals surface area contributed by atoms with Gasteiger partial charge in [-0.2, -0.15) is 0 Å². The van der Waals surface area contributed by atoms with Crippen LogP contribution < -0.4 is 0 Å². The summed E-state index contributed by atoms with van der Waals surface area (Å²) in [6, 6.07) is 17.9. The normalized spacial score (nSPS) is 15.0. The molecule has 1 aliphatic carbocycles. The van der Waals surface area contributed by atoms with Gasteiger partial charge >= 0.3 is 0 Å². The molecule has 27 heavy (non-hydrogen) atoms. The molecule has 3 aromatic rings. The van der Waals surface area contributed by atoms with Crippen molar-refractivity contribution in [3.63, 3.8) is 0 Å². The van der Waals surface area contributed by atoms with Crippen molar-refractivity contribution in [2.45, 2.75) is 38.1 Å².